The number of hydrogen-bond donors (Lipinski definition) is 0. The highest BCUT2D eigenvalue weighted by Crippen LogP contribution is 2.14. The van der Waals surface area contributed by atoms with E-state index < -0.39 is 0 Å². The largest absolute Gasteiger partial charge is 0.300 e. The molecule has 0 unspecified atom stereocenters. The standard InChI is InChI=1S/C38H58N8/c1-41-19-7-23-45(24-8-20-42(2)30-36-12-5-11-35(29-41)39-36)27-33-15-17-34(18-16-33)28-46-25-9-21-43(3)31-37-13-6-14-38(40-37)32-44(4)22-10-26-46/h5-6,11-18H,7-10,19-32H2,1-4H3. The van der Waals surface area contributed by atoms with E-state index in [0.29, 0.717) is 0 Å². The molecule has 4 heterocycles. The van der Waals surface area contributed by atoms with E-state index in [-0.39, 0.29) is 0 Å². The van der Waals surface area contributed by atoms with Crippen molar-refractivity contribution in [2.75, 3.05) is 80.5 Å². The van der Waals surface area contributed by atoms with Crippen molar-refractivity contribution >= 4 is 0 Å². The summed E-state index contributed by atoms with van der Waals surface area (Å²) >= 11 is 0. The monoisotopic (exact) mass is 626 g/mol. The van der Waals surface area contributed by atoms with E-state index in [2.05, 4.69) is 118 Å². The molecule has 2 aliphatic rings. The van der Waals surface area contributed by atoms with Gasteiger partial charge in [-0.3, -0.25) is 19.8 Å². The minimum absolute atomic E-state index is 0.912. The molecule has 0 saturated heterocycles. The molecular formula is C38H58N8. The maximum absolute atomic E-state index is 4.91. The fraction of sp³-hybridized carbons (Fsp3) is 0.579. The minimum atomic E-state index is 0.912. The summed E-state index contributed by atoms with van der Waals surface area (Å²) < 4.78 is 0. The van der Waals surface area contributed by atoms with E-state index in [9.17, 15) is 0 Å². The summed E-state index contributed by atoms with van der Waals surface area (Å²) in [6.45, 7) is 14.6. The lowest BCUT2D eigenvalue weighted by atomic mass is 10.1. The third-order valence-corrected chi connectivity index (χ3v) is 9.35. The molecule has 1 aromatic carbocycles. The minimum Gasteiger partial charge on any atom is -0.300 e. The van der Waals surface area contributed by atoms with Gasteiger partial charge in [0.25, 0.3) is 0 Å². The van der Waals surface area contributed by atoms with Crippen molar-refractivity contribution in [3.63, 3.8) is 0 Å². The Morgan fingerprint density at radius 3 is 0.978 bits per heavy atom. The van der Waals surface area contributed by atoms with Crippen LogP contribution in [0, 0.1) is 0 Å². The summed E-state index contributed by atoms with van der Waals surface area (Å²) in [4.78, 5) is 24.8. The second-order valence-electron chi connectivity index (χ2n) is 14.0. The maximum atomic E-state index is 4.91. The van der Waals surface area contributed by atoms with Crippen LogP contribution in [-0.2, 0) is 39.3 Å². The summed E-state index contributed by atoms with van der Waals surface area (Å²) in [6, 6.07) is 22.5. The van der Waals surface area contributed by atoms with Gasteiger partial charge in [0.1, 0.15) is 0 Å². The number of hydrogen-bond acceptors (Lipinski definition) is 8. The predicted molar refractivity (Wildman–Crippen MR) is 189 cm³/mol. The van der Waals surface area contributed by atoms with Crippen molar-refractivity contribution in [1.82, 2.24) is 39.4 Å². The summed E-state index contributed by atoms with van der Waals surface area (Å²) in [6.07, 6.45) is 4.69. The molecule has 8 nitrogen and oxygen atoms in total. The average molecular weight is 627 g/mol. The molecule has 46 heavy (non-hydrogen) atoms. The van der Waals surface area contributed by atoms with Gasteiger partial charge >= 0.3 is 0 Å². The third kappa shape index (κ3) is 11.8. The Kier molecular flexibility index (Phi) is 13.5. The quantitative estimate of drug-likeness (QED) is 0.410. The predicted octanol–water partition coefficient (Wildman–Crippen LogP) is 4.80. The lowest BCUT2D eigenvalue weighted by Crippen LogP contribution is -2.32. The Balaban J connectivity index is 1.15. The molecule has 0 saturated carbocycles. The highest BCUT2D eigenvalue weighted by molar-refractivity contribution is 5.22. The fourth-order valence-electron chi connectivity index (χ4n) is 6.90. The van der Waals surface area contributed by atoms with Crippen LogP contribution in [0.3, 0.4) is 0 Å². The number of fused-ring (bicyclic) bond motifs is 4. The normalized spacial score (nSPS) is 20.6. The Hall–Kier alpha value is -2.72. The summed E-state index contributed by atoms with van der Waals surface area (Å²) in [5.41, 5.74) is 7.54. The third-order valence-electron chi connectivity index (χ3n) is 9.35. The Labute approximate surface area is 279 Å². The Bertz CT molecular complexity index is 1150. The number of nitrogens with zero attached hydrogens (tertiary/aromatic N) is 8. The van der Waals surface area contributed by atoms with E-state index in [1.165, 1.54) is 59.6 Å². The van der Waals surface area contributed by atoms with E-state index in [0.717, 1.165) is 91.6 Å². The molecule has 3 aromatic rings. The van der Waals surface area contributed by atoms with Crippen LogP contribution in [0.2, 0.25) is 0 Å². The average Bonchev–Trinajstić information content (AvgIpc) is 3.01. The number of rotatable bonds is 4. The molecule has 4 bridgehead atoms. The second kappa shape index (κ2) is 18.0. The molecule has 0 radical (unpaired) electrons. The van der Waals surface area contributed by atoms with Gasteiger partial charge in [-0.1, -0.05) is 36.4 Å². The van der Waals surface area contributed by atoms with Gasteiger partial charge < -0.3 is 19.6 Å². The first-order chi connectivity index (χ1) is 22.4. The topological polar surface area (TPSA) is 45.2 Å². The SMILES string of the molecule is CN1CCCN(Cc2ccc(CN3CCCN(C)Cc4cccc(n4)CN(C)CCC3)cc2)CCCN(C)Cc2cccc(n2)C1. The molecule has 0 atom stereocenters. The van der Waals surface area contributed by atoms with Crippen molar-refractivity contribution in [3.05, 3.63) is 94.6 Å². The second-order valence-corrected chi connectivity index (χ2v) is 14.0. The molecule has 250 valence electrons. The summed E-state index contributed by atoms with van der Waals surface area (Å²) in [5.74, 6) is 0. The van der Waals surface area contributed by atoms with Gasteiger partial charge in [-0.15, -0.1) is 0 Å². The first-order valence-electron chi connectivity index (χ1n) is 17.5. The molecule has 0 aliphatic carbocycles. The van der Waals surface area contributed by atoms with Gasteiger partial charge in [0.05, 0.1) is 22.8 Å². The van der Waals surface area contributed by atoms with Crippen molar-refractivity contribution in [2.45, 2.75) is 65.0 Å². The van der Waals surface area contributed by atoms with Crippen LogP contribution in [0.1, 0.15) is 59.6 Å². The van der Waals surface area contributed by atoms with Crippen molar-refractivity contribution in [3.8, 4) is 0 Å². The Morgan fingerprint density at radius 1 is 0.413 bits per heavy atom. The highest BCUT2D eigenvalue weighted by Gasteiger charge is 2.14. The lowest BCUT2D eigenvalue weighted by Gasteiger charge is -2.27. The molecule has 0 fully saturated rings. The lowest BCUT2D eigenvalue weighted by molar-refractivity contribution is 0.214. The highest BCUT2D eigenvalue weighted by atomic mass is 15.2. The first-order valence-corrected chi connectivity index (χ1v) is 17.5. The van der Waals surface area contributed by atoms with E-state index in [1.54, 1.807) is 0 Å². The van der Waals surface area contributed by atoms with Crippen LogP contribution in [0.15, 0.2) is 60.7 Å². The Morgan fingerprint density at radius 2 is 0.696 bits per heavy atom. The summed E-state index contributed by atoms with van der Waals surface area (Å²) in [7, 11) is 8.90. The van der Waals surface area contributed by atoms with Crippen molar-refractivity contribution < 1.29 is 0 Å². The van der Waals surface area contributed by atoms with Crippen LogP contribution >= 0.6 is 0 Å². The van der Waals surface area contributed by atoms with Crippen LogP contribution < -0.4 is 0 Å². The molecule has 0 spiro atoms. The molecule has 8 heteroatoms. The number of pyridine rings is 2. The van der Waals surface area contributed by atoms with E-state index >= 15 is 0 Å². The molecule has 0 amide bonds. The number of aromatic nitrogens is 2. The zero-order valence-electron chi connectivity index (χ0n) is 29.1. The molecular weight excluding hydrogens is 568 g/mol. The van der Waals surface area contributed by atoms with Gasteiger partial charge in [0.15, 0.2) is 0 Å². The molecule has 2 aliphatic heterocycles. The van der Waals surface area contributed by atoms with Crippen molar-refractivity contribution in [2.24, 2.45) is 0 Å². The van der Waals surface area contributed by atoms with Crippen LogP contribution in [-0.4, -0.2) is 120 Å². The number of benzene rings is 1. The summed E-state index contributed by atoms with van der Waals surface area (Å²) in [5, 5.41) is 0. The van der Waals surface area contributed by atoms with Crippen LogP contribution in [0.5, 0.6) is 0 Å². The van der Waals surface area contributed by atoms with Gasteiger partial charge in [-0.2, -0.15) is 0 Å². The zero-order valence-corrected chi connectivity index (χ0v) is 29.1. The molecule has 5 rings (SSSR count). The van der Waals surface area contributed by atoms with Gasteiger partial charge in [0, 0.05) is 39.3 Å². The van der Waals surface area contributed by atoms with E-state index in [1.807, 2.05) is 0 Å². The molecule has 2 aromatic heterocycles. The smallest absolute Gasteiger partial charge is 0.0547 e. The first kappa shape index (κ1) is 34.6. The zero-order chi connectivity index (χ0) is 32.1. The van der Waals surface area contributed by atoms with Gasteiger partial charge in [-0.05, 0) is 142 Å². The van der Waals surface area contributed by atoms with Crippen LogP contribution in [0.4, 0.5) is 0 Å². The van der Waals surface area contributed by atoms with Crippen LogP contribution in [0.25, 0.3) is 0 Å². The van der Waals surface area contributed by atoms with Gasteiger partial charge in [-0.25, -0.2) is 0 Å². The molecule has 0 N–H and O–H groups in total. The maximum Gasteiger partial charge on any atom is 0.0547 e. The fourth-order valence-corrected chi connectivity index (χ4v) is 6.90. The van der Waals surface area contributed by atoms with E-state index in [4.69, 9.17) is 9.97 Å². The van der Waals surface area contributed by atoms with Crippen molar-refractivity contribution in [1.29, 1.82) is 0 Å². The van der Waals surface area contributed by atoms with Gasteiger partial charge in [0.2, 0.25) is 0 Å².